The highest BCUT2D eigenvalue weighted by atomic mass is 19.1. The van der Waals surface area contributed by atoms with Gasteiger partial charge in [0.15, 0.2) is 0 Å². The highest BCUT2D eigenvalue weighted by molar-refractivity contribution is 6.12. The Kier molecular flexibility index (Phi) is 12.5. The normalized spacial score (nSPS) is 12.3. The highest BCUT2D eigenvalue weighted by Crippen LogP contribution is 2.42. The maximum absolute atomic E-state index is 14.2. The number of carbonyl (C=O) groups excluding carboxylic acids is 2. The molecule has 11 nitrogen and oxygen atoms in total. The first-order chi connectivity index (χ1) is 25.0. The summed E-state index contributed by atoms with van der Waals surface area (Å²) in [6.07, 6.45) is -2.77. The number of hydrogen-bond acceptors (Lipinski definition) is 8. The molecule has 0 saturated heterocycles. The van der Waals surface area contributed by atoms with Gasteiger partial charge < -0.3 is 29.7 Å². The van der Waals surface area contributed by atoms with Gasteiger partial charge in [-0.25, -0.2) is 4.39 Å². The van der Waals surface area contributed by atoms with E-state index in [-0.39, 0.29) is 42.5 Å². The molecule has 0 saturated carbocycles. The minimum Gasteiger partial charge on any atom is -0.426 e. The fraction of sp³-hybridized carbons (Fsp3) is 0.250. The predicted octanol–water partition coefficient (Wildman–Crippen LogP) is 7.54. The lowest BCUT2D eigenvalue weighted by Gasteiger charge is -2.20. The van der Waals surface area contributed by atoms with Gasteiger partial charge in [0.25, 0.3) is 11.0 Å². The Morgan fingerprint density at radius 2 is 1.50 bits per heavy atom. The fourth-order valence-electron chi connectivity index (χ4n) is 6.20. The van der Waals surface area contributed by atoms with Crippen molar-refractivity contribution in [2.24, 2.45) is 0 Å². The van der Waals surface area contributed by atoms with Crippen molar-refractivity contribution < 1.29 is 38.9 Å². The van der Waals surface area contributed by atoms with Gasteiger partial charge in [0, 0.05) is 29.1 Å². The number of hydrogen-bond donors (Lipinski definition) is 3. The number of benzene rings is 4. The number of amides is 1. The van der Waals surface area contributed by atoms with Gasteiger partial charge >= 0.3 is 5.97 Å². The molecule has 5 rings (SSSR count). The first-order valence-electron chi connectivity index (χ1n) is 16.9. The van der Waals surface area contributed by atoms with Crippen molar-refractivity contribution in [2.45, 2.75) is 64.4 Å². The van der Waals surface area contributed by atoms with Gasteiger partial charge in [-0.05, 0) is 72.4 Å². The van der Waals surface area contributed by atoms with Crippen LogP contribution in [0.1, 0.15) is 60.6 Å². The van der Waals surface area contributed by atoms with E-state index in [9.17, 15) is 34.3 Å². The molecular formula is C40H40FN3O8. The number of ether oxygens (including phenoxy) is 1. The molecule has 4 aromatic carbocycles. The third-order valence-electron chi connectivity index (χ3n) is 8.44. The van der Waals surface area contributed by atoms with Gasteiger partial charge in [-0.1, -0.05) is 80.6 Å². The molecule has 1 heterocycles. The Bertz CT molecular complexity index is 1980. The van der Waals surface area contributed by atoms with Crippen LogP contribution < -0.4 is 10.1 Å². The van der Waals surface area contributed by atoms with Crippen molar-refractivity contribution in [3.05, 3.63) is 142 Å². The molecule has 0 aliphatic carbocycles. The number of rotatable bonds is 16. The van der Waals surface area contributed by atoms with Gasteiger partial charge in [-0.15, -0.1) is 10.1 Å². The van der Waals surface area contributed by atoms with Gasteiger partial charge in [-0.2, -0.15) is 0 Å². The third-order valence-corrected chi connectivity index (χ3v) is 8.44. The maximum atomic E-state index is 14.2. The number of aromatic nitrogens is 1. The number of carbonyl (C=O) groups is 2. The Morgan fingerprint density at radius 1 is 0.865 bits per heavy atom. The fourth-order valence-corrected chi connectivity index (χ4v) is 6.20. The molecule has 2 atom stereocenters. The second-order valence-corrected chi connectivity index (χ2v) is 12.6. The number of halogens is 1. The molecule has 0 fully saturated rings. The van der Waals surface area contributed by atoms with Crippen LogP contribution in [-0.2, 0) is 22.8 Å². The number of aliphatic hydroxyl groups is 2. The summed E-state index contributed by atoms with van der Waals surface area (Å²) < 4.78 is 21.5. The number of nitrogens with zero attached hydrogens (tertiary/aromatic N) is 2. The van der Waals surface area contributed by atoms with Crippen LogP contribution in [0.3, 0.4) is 0 Å². The van der Waals surface area contributed by atoms with Crippen LogP contribution in [0.15, 0.2) is 109 Å². The maximum Gasteiger partial charge on any atom is 0.313 e. The van der Waals surface area contributed by atoms with Crippen LogP contribution in [0.5, 0.6) is 5.75 Å². The quantitative estimate of drug-likeness (QED) is 0.0411. The zero-order chi connectivity index (χ0) is 37.2. The summed E-state index contributed by atoms with van der Waals surface area (Å²) in [6, 6.07) is 30.8. The average Bonchev–Trinajstić information content (AvgIpc) is 3.47. The van der Waals surface area contributed by atoms with Crippen LogP contribution in [0.25, 0.3) is 22.4 Å². The SMILES string of the molecule is CC(C)c1c(C(=O)Nc2ccccc2)c(-c2ccccc2)c(-c2ccc(F)cc2)n1CC[C@@H](O)C[C@@H](O)CC(=O)Oc1ccccc1CO[N+](=O)[O-]. The summed E-state index contributed by atoms with van der Waals surface area (Å²) in [6.45, 7) is 3.75. The van der Waals surface area contributed by atoms with E-state index >= 15 is 0 Å². The van der Waals surface area contributed by atoms with E-state index in [4.69, 9.17) is 4.74 Å². The van der Waals surface area contributed by atoms with Crippen molar-refractivity contribution >= 4 is 17.6 Å². The van der Waals surface area contributed by atoms with Crippen molar-refractivity contribution in [3.8, 4) is 28.1 Å². The van der Waals surface area contributed by atoms with Crippen LogP contribution in [0.2, 0.25) is 0 Å². The number of nitrogens with one attached hydrogen (secondary N) is 1. The summed E-state index contributed by atoms with van der Waals surface area (Å²) in [5.74, 6) is -1.63. The van der Waals surface area contributed by atoms with E-state index in [1.54, 1.807) is 36.4 Å². The Labute approximate surface area is 300 Å². The lowest BCUT2D eigenvalue weighted by Crippen LogP contribution is -2.24. The lowest BCUT2D eigenvalue weighted by molar-refractivity contribution is -0.763. The minimum absolute atomic E-state index is 0.0607. The van der Waals surface area contributed by atoms with E-state index in [0.29, 0.717) is 33.8 Å². The molecule has 0 unspecified atom stereocenters. The zero-order valence-electron chi connectivity index (χ0n) is 28.8. The molecule has 5 aromatic rings. The zero-order valence-corrected chi connectivity index (χ0v) is 28.8. The average molecular weight is 710 g/mol. The van der Waals surface area contributed by atoms with Gasteiger partial charge in [0.05, 0.1) is 29.9 Å². The second-order valence-electron chi connectivity index (χ2n) is 12.6. The van der Waals surface area contributed by atoms with Crippen molar-refractivity contribution in [1.82, 2.24) is 4.57 Å². The molecule has 0 aliphatic heterocycles. The van der Waals surface area contributed by atoms with Gasteiger partial charge in [0.1, 0.15) is 18.2 Å². The smallest absolute Gasteiger partial charge is 0.313 e. The molecule has 1 aromatic heterocycles. The molecule has 0 radical (unpaired) electrons. The minimum atomic E-state index is -1.26. The Hall–Kier alpha value is -5.85. The molecule has 1 amide bonds. The van der Waals surface area contributed by atoms with Gasteiger partial charge in [-0.3, -0.25) is 9.59 Å². The second kappa shape index (κ2) is 17.4. The van der Waals surface area contributed by atoms with E-state index in [1.165, 1.54) is 24.3 Å². The molecule has 52 heavy (non-hydrogen) atoms. The molecule has 12 heteroatoms. The number of anilines is 1. The molecule has 0 bridgehead atoms. The Morgan fingerprint density at radius 3 is 2.15 bits per heavy atom. The number of para-hydroxylation sites is 2. The molecule has 0 aliphatic rings. The highest BCUT2D eigenvalue weighted by Gasteiger charge is 2.31. The Balaban J connectivity index is 1.42. The first kappa shape index (κ1) is 37.4. The van der Waals surface area contributed by atoms with Crippen molar-refractivity contribution in [1.29, 1.82) is 0 Å². The van der Waals surface area contributed by atoms with E-state index in [2.05, 4.69) is 10.2 Å². The lowest BCUT2D eigenvalue weighted by atomic mass is 9.94. The predicted molar refractivity (Wildman–Crippen MR) is 193 cm³/mol. The third kappa shape index (κ3) is 9.47. The molecular weight excluding hydrogens is 669 g/mol. The van der Waals surface area contributed by atoms with Crippen LogP contribution in [-0.4, -0.2) is 44.0 Å². The number of aliphatic hydroxyl groups excluding tert-OH is 2. The van der Waals surface area contributed by atoms with E-state index < -0.39 is 42.1 Å². The van der Waals surface area contributed by atoms with Crippen LogP contribution >= 0.6 is 0 Å². The molecule has 3 N–H and O–H groups in total. The topological polar surface area (TPSA) is 153 Å². The summed E-state index contributed by atoms with van der Waals surface area (Å²) in [7, 11) is 0. The number of esters is 1. The molecule has 0 spiro atoms. The first-order valence-corrected chi connectivity index (χ1v) is 16.9. The largest absolute Gasteiger partial charge is 0.426 e. The van der Waals surface area contributed by atoms with Crippen molar-refractivity contribution in [3.63, 3.8) is 0 Å². The summed E-state index contributed by atoms with van der Waals surface area (Å²) in [5, 5.41) is 34.6. The summed E-state index contributed by atoms with van der Waals surface area (Å²) >= 11 is 0. The van der Waals surface area contributed by atoms with Gasteiger partial charge in [0.2, 0.25) is 0 Å². The monoisotopic (exact) mass is 709 g/mol. The van der Waals surface area contributed by atoms with Crippen molar-refractivity contribution in [2.75, 3.05) is 5.32 Å². The van der Waals surface area contributed by atoms with Crippen LogP contribution in [0.4, 0.5) is 10.1 Å². The molecule has 270 valence electrons. The van der Waals surface area contributed by atoms with E-state index in [0.717, 1.165) is 5.56 Å². The summed E-state index contributed by atoms with van der Waals surface area (Å²) in [5.41, 5.74) is 4.83. The standard InChI is InChI=1S/C40H40FN3O8/c1-26(2)38-37(40(48)42-31-14-7-4-8-15-31)36(27-11-5-3-6-12-27)39(28-17-19-30(41)20-18-28)43(38)22-21-32(45)23-33(46)24-35(47)52-34-16-10-9-13-29(34)25-51-44(49)50/h3-20,26,32-33,45-46H,21-25H2,1-2H3,(H,42,48)/t32-,33-/m1/s1. The van der Waals surface area contributed by atoms with Crippen LogP contribution in [0, 0.1) is 15.9 Å². The van der Waals surface area contributed by atoms with E-state index in [1.807, 2.05) is 66.9 Å². The summed E-state index contributed by atoms with van der Waals surface area (Å²) in [4.78, 5) is 41.9.